The van der Waals surface area contributed by atoms with E-state index in [4.69, 9.17) is 0 Å². The molecule has 6 nitrogen and oxygen atoms in total. The fraction of sp³-hybridized carbons (Fsp3) is 0.250. The van der Waals surface area contributed by atoms with Crippen molar-refractivity contribution in [2.24, 2.45) is 0 Å². The molecule has 2 N–H and O–H groups in total. The number of amides is 2. The van der Waals surface area contributed by atoms with E-state index in [1.165, 1.54) is 18.2 Å². The van der Waals surface area contributed by atoms with Gasteiger partial charge in [-0.1, -0.05) is 11.3 Å². The molecule has 2 rings (SSSR count). The van der Waals surface area contributed by atoms with Gasteiger partial charge in [-0.3, -0.25) is 10.1 Å². The Kier molecular flexibility index (Phi) is 4.46. The number of hydrogen-bond acceptors (Lipinski definition) is 5. The number of rotatable bonds is 4. The average Bonchev–Trinajstić information content (AvgIpc) is 2.78. The van der Waals surface area contributed by atoms with Gasteiger partial charge in [0.25, 0.3) is 0 Å². The molecule has 0 spiro atoms. The summed E-state index contributed by atoms with van der Waals surface area (Å²) in [6, 6.07) is 3.60. The molecule has 0 saturated carbocycles. The molecule has 1 heterocycles. The number of nitrogens with zero attached hydrogens (tertiary/aromatic N) is 1. The molecule has 0 bridgehead atoms. The number of urea groups is 1. The molecule has 0 aliphatic heterocycles. The normalized spacial score (nSPS) is 10.3. The van der Waals surface area contributed by atoms with Crippen molar-refractivity contribution < 1.29 is 18.7 Å². The third kappa shape index (κ3) is 3.64. The molecule has 0 aliphatic rings. The molecule has 0 radical (unpaired) electrons. The molecule has 0 fully saturated rings. The minimum atomic E-state index is -0.572. The van der Waals surface area contributed by atoms with E-state index < -0.39 is 12.0 Å². The van der Waals surface area contributed by atoms with E-state index in [-0.39, 0.29) is 19.0 Å². The number of carbonyl (C=O) groups excluding carboxylic acids is 2. The van der Waals surface area contributed by atoms with Gasteiger partial charge in [-0.05, 0) is 25.1 Å². The minimum absolute atomic E-state index is 0.223. The van der Waals surface area contributed by atoms with E-state index >= 15 is 0 Å². The summed E-state index contributed by atoms with van der Waals surface area (Å²) in [7, 11) is 0. The van der Waals surface area contributed by atoms with Crippen molar-refractivity contribution in [3.05, 3.63) is 24.0 Å². The minimum Gasteiger partial charge on any atom is -0.465 e. The maximum absolute atomic E-state index is 13.0. The molecular weight excluding hydrogens is 285 g/mol. The Bertz CT molecular complexity index is 644. The molecule has 2 amide bonds. The van der Waals surface area contributed by atoms with Crippen molar-refractivity contribution in [1.82, 2.24) is 10.3 Å². The number of ether oxygens (including phenoxy) is 1. The Hall–Kier alpha value is -2.22. The lowest BCUT2D eigenvalue weighted by Crippen LogP contribution is -2.34. The van der Waals surface area contributed by atoms with Crippen LogP contribution in [0.4, 0.5) is 14.3 Å². The Morgan fingerprint density at radius 2 is 2.25 bits per heavy atom. The van der Waals surface area contributed by atoms with Crippen molar-refractivity contribution in [2.45, 2.75) is 6.92 Å². The molecular formula is C12H12FN3O3S. The number of carbonyl (C=O) groups is 2. The maximum atomic E-state index is 13.0. The van der Waals surface area contributed by atoms with Gasteiger partial charge >= 0.3 is 12.0 Å². The maximum Gasteiger partial charge on any atom is 0.325 e. The monoisotopic (exact) mass is 297 g/mol. The number of esters is 1. The second-order valence-corrected chi connectivity index (χ2v) is 4.77. The number of thiazole rings is 1. The Labute approximate surface area is 117 Å². The van der Waals surface area contributed by atoms with Crippen LogP contribution in [0.3, 0.4) is 0 Å². The van der Waals surface area contributed by atoms with Crippen LogP contribution in [0.25, 0.3) is 10.2 Å². The smallest absolute Gasteiger partial charge is 0.325 e. The first-order valence-electron chi connectivity index (χ1n) is 5.85. The second-order valence-electron chi connectivity index (χ2n) is 3.74. The van der Waals surface area contributed by atoms with Crippen LogP contribution in [-0.2, 0) is 9.53 Å². The van der Waals surface area contributed by atoms with Crippen LogP contribution in [-0.4, -0.2) is 30.1 Å². The van der Waals surface area contributed by atoms with Gasteiger partial charge in [-0.25, -0.2) is 14.2 Å². The first-order valence-corrected chi connectivity index (χ1v) is 6.66. The van der Waals surface area contributed by atoms with Gasteiger partial charge in [0.1, 0.15) is 12.4 Å². The molecule has 106 valence electrons. The van der Waals surface area contributed by atoms with Crippen LogP contribution < -0.4 is 10.6 Å². The summed E-state index contributed by atoms with van der Waals surface area (Å²) in [6.45, 7) is 1.71. The predicted molar refractivity (Wildman–Crippen MR) is 73.2 cm³/mol. The number of anilines is 1. The first-order chi connectivity index (χ1) is 9.58. The zero-order chi connectivity index (χ0) is 14.5. The van der Waals surface area contributed by atoms with Crippen molar-refractivity contribution in [3.8, 4) is 0 Å². The van der Waals surface area contributed by atoms with Gasteiger partial charge < -0.3 is 10.1 Å². The lowest BCUT2D eigenvalue weighted by atomic mass is 10.3. The Morgan fingerprint density at radius 1 is 1.45 bits per heavy atom. The summed E-state index contributed by atoms with van der Waals surface area (Å²) in [5.41, 5.74) is 0.595. The standard InChI is InChI=1S/C12H12FN3O3S/c1-2-19-10(17)6-14-11(18)16-12-15-8-4-3-7(13)5-9(8)20-12/h3-5H,2,6H2,1H3,(H2,14,15,16,18). The van der Waals surface area contributed by atoms with E-state index in [1.54, 1.807) is 6.92 Å². The lowest BCUT2D eigenvalue weighted by molar-refractivity contribution is -0.141. The topological polar surface area (TPSA) is 80.3 Å². The predicted octanol–water partition coefficient (Wildman–Crippen LogP) is 2.12. The van der Waals surface area contributed by atoms with Crippen LogP contribution in [0.1, 0.15) is 6.92 Å². The van der Waals surface area contributed by atoms with E-state index in [0.717, 1.165) is 11.3 Å². The molecule has 0 atom stereocenters. The van der Waals surface area contributed by atoms with Crippen LogP contribution in [0.2, 0.25) is 0 Å². The molecule has 0 aliphatic carbocycles. The summed E-state index contributed by atoms with van der Waals surface area (Å²) in [5.74, 6) is -0.881. The van der Waals surface area contributed by atoms with Gasteiger partial charge in [0.05, 0.1) is 16.8 Å². The molecule has 8 heteroatoms. The molecule has 0 unspecified atom stereocenters. The highest BCUT2D eigenvalue weighted by molar-refractivity contribution is 7.22. The van der Waals surface area contributed by atoms with Gasteiger partial charge in [-0.2, -0.15) is 0 Å². The number of halogens is 1. The first kappa shape index (κ1) is 14.2. The molecule has 1 aromatic carbocycles. The largest absolute Gasteiger partial charge is 0.465 e. The third-order valence-corrected chi connectivity index (χ3v) is 3.20. The Morgan fingerprint density at radius 3 is 3.00 bits per heavy atom. The summed E-state index contributed by atoms with van der Waals surface area (Å²) in [4.78, 5) is 26.7. The van der Waals surface area contributed by atoms with E-state index in [0.29, 0.717) is 15.3 Å². The highest BCUT2D eigenvalue weighted by Crippen LogP contribution is 2.26. The van der Waals surface area contributed by atoms with Gasteiger partial charge in [0, 0.05) is 0 Å². The fourth-order valence-electron chi connectivity index (χ4n) is 1.46. The SMILES string of the molecule is CCOC(=O)CNC(=O)Nc1nc2ccc(F)cc2s1. The number of benzene rings is 1. The van der Waals surface area contributed by atoms with Crippen LogP contribution in [0, 0.1) is 5.82 Å². The molecule has 2 aromatic rings. The van der Waals surface area contributed by atoms with Crippen molar-refractivity contribution >= 4 is 38.7 Å². The summed E-state index contributed by atoms with van der Waals surface area (Å²) < 4.78 is 18.3. The number of nitrogens with one attached hydrogen (secondary N) is 2. The Balaban J connectivity index is 1.94. The number of aromatic nitrogens is 1. The summed E-state index contributed by atoms with van der Waals surface area (Å²) >= 11 is 1.15. The van der Waals surface area contributed by atoms with E-state index in [9.17, 15) is 14.0 Å². The van der Waals surface area contributed by atoms with Gasteiger partial charge in [-0.15, -0.1) is 0 Å². The second kappa shape index (κ2) is 6.29. The average molecular weight is 297 g/mol. The summed E-state index contributed by atoms with van der Waals surface area (Å²) in [6.07, 6.45) is 0. The van der Waals surface area contributed by atoms with Gasteiger partial charge in [0.15, 0.2) is 5.13 Å². The van der Waals surface area contributed by atoms with Crippen molar-refractivity contribution in [3.63, 3.8) is 0 Å². The van der Waals surface area contributed by atoms with Gasteiger partial charge in [0.2, 0.25) is 0 Å². The third-order valence-electron chi connectivity index (χ3n) is 2.27. The highest BCUT2D eigenvalue weighted by atomic mass is 32.1. The summed E-state index contributed by atoms with van der Waals surface area (Å²) in [5, 5.41) is 5.14. The number of hydrogen-bond donors (Lipinski definition) is 2. The highest BCUT2D eigenvalue weighted by Gasteiger charge is 2.09. The molecule has 0 saturated heterocycles. The van der Waals surface area contributed by atoms with E-state index in [2.05, 4.69) is 20.4 Å². The fourth-order valence-corrected chi connectivity index (χ4v) is 2.34. The number of fused-ring (bicyclic) bond motifs is 1. The lowest BCUT2D eigenvalue weighted by Gasteiger charge is -2.04. The molecule has 20 heavy (non-hydrogen) atoms. The zero-order valence-corrected chi connectivity index (χ0v) is 11.4. The van der Waals surface area contributed by atoms with Crippen molar-refractivity contribution in [2.75, 3.05) is 18.5 Å². The van der Waals surface area contributed by atoms with Crippen LogP contribution in [0.15, 0.2) is 18.2 Å². The van der Waals surface area contributed by atoms with E-state index in [1.807, 2.05) is 0 Å². The van der Waals surface area contributed by atoms with Crippen molar-refractivity contribution in [1.29, 1.82) is 0 Å². The molecule has 1 aromatic heterocycles. The van der Waals surface area contributed by atoms with Crippen LogP contribution >= 0.6 is 11.3 Å². The zero-order valence-electron chi connectivity index (χ0n) is 10.6. The van der Waals surface area contributed by atoms with Crippen LogP contribution in [0.5, 0.6) is 0 Å². The quantitative estimate of drug-likeness (QED) is 0.847.